The van der Waals surface area contributed by atoms with Gasteiger partial charge in [-0.25, -0.2) is 13.6 Å². The predicted octanol–water partition coefficient (Wildman–Crippen LogP) is 3.24. The number of benzene rings is 1. The van der Waals surface area contributed by atoms with Crippen LogP contribution in [-0.4, -0.2) is 78.1 Å². The Kier molecular flexibility index (Phi) is 9.87. The third kappa shape index (κ3) is 8.66. The third-order valence-electron chi connectivity index (χ3n) is 6.65. The Labute approximate surface area is 218 Å². The summed E-state index contributed by atoms with van der Waals surface area (Å²) in [6.45, 7) is 9.99. The van der Waals surface area contributed by atoms with Crippen LogP contribution in [0.25, 0.3) is 0 Å². The molecule has 8 nitrogen and oxygen atoms in total. The van der Waals surface area contributed by atoms with Crippen molar-refractivity contribution >= 4 is 17.9 Å². The molecule has 0 bridgehead atoms. The minimum Gasteiger partial charge on any atom is -0.444 e. The van der Waals surface area contributed by atoms with Gasteiger partial charge in [0, 0.05) is 57.3 Å². The SMILES string of the molecule is CCCCN1C[C@@H](C(=O)NC(Cc2cc(F)cc(F)c2)C[C@H]2CNCCN2C(=O)OC(C)(C)C)CC1=O. The minimum absolute atomic E-state index is 0.0371. The third-order valence-corrected chi connectivity index (χ3v) is 6.65. The average molecular weight is 523 g/mol. The molecular weight excluding hydrogens is 482 g/mol. The first-order valence-corrected chi connectivity index (χ1v) is 13.2. The fourth-order valence-electron chi connectivity index (χ4n) is 4.90. The Balaban J connectivity index is 1.76. The smallest absolute Gasteiger partial charge is 0.410 e. The first-order valence-electron chi connectivity index (χ1n) is 13.2. The largest absolute Gasteiger partial charge is 0.444 e. The van der Waals surface area contributed by atoms with Gasteiger partial charge in [0.1, 0.15) is 17.2 Å². The van der Waals surface area contributed by atoms with Crippen LogP contribution >= 0.6 is 0 Å². The van der Waals surface area contributed by atoms with Gasteiger partial charge in [0.15, 0.2) is 0 Å². The van der Waals surface area contributed by atoms with Gasteiger partial charge in [-0.1, -0.05) is 13.3 Å². The van der Waals surface area contributed by atoms with E-state index in [2.05, 4.69) is 10.6 Å². The summed E-state index contributed by atoms with van der Waals surface area (Å²) in [5.41, 5.74) is -0.250. The standard InChI is InChI=1S/C27H40F2N4O4/c1-5-6-8-32-17-19(13-24(32)34)25(35)31-22(12-18-10-20(28)14-21(29)11-18)15-23-16-30-7-9-33(23)26(36)37-27(2,3)4/h10-11,14,19,22-23,30H,5-9,12-13,15-17H2,1-4H3,(H,31,35)/t19-,22?,23-/m0/s1. The van der Waals surface area contributed by atoms with E-state index >= 15 is 0 Å². The van der Waals surface area contributed by atoms with Crippen LogP contribution in [0.1, 0.15) is 58.9 Å². The number of amides is 3. The molecule has 3 atom stereocenters. The van der Waals surface area contributed by atoms with Crippen molar-refractivity contribution in [3.05, 3.63) is 35.4 Å². The van der Waals surface area contributed by atoms with E-state index in [0.717, 1.165) is 18.9 Å². The molecule has 10 heteroatoms. The molecule has 206 valence electrons. The maximum atomic E-state index is 13.9. The lowest BCUT2D eigenvalue weighted by Gasteiger charge is -2.39. The molecule has 3 amide bonds. The zero-order valence-corrected chi connectivity index (χ0v) is 22.3. The quantitative estimate of drug-likeness (QED) is 0.520. The predicted molar refractivity (Wildman–Crippen MR) is 136 cm³/mol. The number of nitrogens with zero attached hydrogens (tertiary/aromatic N) is 2. The summed E-state index contributed by atoms with van der Waals surface area (Å²) in [6, 6.07) is 2.50. The van der Waals surface area contributed by atoms with E-state index in [1.165, 1.54) is 12.1 Å². The number of ether oxygens (including phenoxy) is 1. The Hall–Kier alpha value is -2.75. The van der Waals surface area contributed by atoms with Gasteiger partial charge in [0.2, 0.25) is 11.8 Å². The number of carbonyl (C=O) groups is 3. The molecule has 2 aliphatic rings. The highest BCUT2D eigenvalue weighted by Gasteiger charge is 2.36. The van der Waals surface area contributed by atoms with Crippen molar-refractivity contribution in [3.8, 4) is 0 Å². The molecule has 0 radical (unpaired) electrons. The highest BCUT2D eigenvalue weighted by atomic mass is 19.1. The number of unbranched alkanes of at least 4 members (excludes halogenated alkanes) is 1. The topological polar surface area (TPSA) is 91.0 Å². The van der Waals surface area contributed by atoms with Gasteiger partial charge >= 0.3 is 6.09 Å². The van der Waals surface area contributed by atoms with Crippen LogP contribution in [0.3, 0.4) is 0 Å². The van der Waals surface area contributed by atoms with E-state index in [1.807, 2.05) is 6.92 Å². The molecular formula is C27H40F2N4O4. The Bertz CT molecular complexity index is 948. The number of halogens is 2. The molecule has 0 aromatic heterocycles. The summed E-state index contributed by atoms with van der Waals surface area (Å²) in [5.74, 6) is -2.17. The van der Waals surface area contributed by atoms with E-state index in [-0.39, 0.29) is 30.7 Å². The van der Waals surface area contributed by atoms with Gasteiger partial charge in [-0.15, -0.1) is 0 Å². The van der Waals surface area contributed by atoms with Gasteiger partial charge < -0.3 is 25.2 Å². The van der Waals surface area contributed by atoms with E-state index in [9.17, 15) is 23.2 Å². The Morgan fingerprint density at radius 1 is 1.22 bits per heavy atom. The fourth-order valence-corrected chi connectivity index (χ4v) is 4.90. The Morgan fingerprint density at radius 2 is 1.92 bits per heavy atom. The monoisotopic (exact) mass is 522 g/mol. The second-order valence-corrected chi connectivity index (χ2v) is 11.0. The first-order chi connectivity index (χ1) is 17.4. The van der Waals surface area contributed by atoms with Gasteiger partial charge in [0.05, 0.1) is 5.92 Å². The molecule has 2 N–H and O–H groups in total. The zero-order valence-electron chi connectivity index (χ0n) is 22.3. The van der Waals surface area contributed by atoms with Crippen molar-refractivity contribution in [2.45, 2.75) is 77.5 Å². The fraction of sp³-hybridized carbons (Fsp3) is 0.667. The summed E-state index contributed by atoms with van der Waals surface area (Å²) in [5, 5.41) is 6.31. The van der Waals surface area contributed by atoms with Crippen LogP contribution in [0, 0.1) is 17.6 Å². The van der Waals surface area contributed by atoms with Crippen molar-refractivity contribution < 1.29 is 27.9 Å². The highest BCUT2D eigenvalue weighted by molar-refractivity contribution is 5.89. The lowest BCUT2D eigenvalue weighted by atomic mass is 9.96. The minimum atomic E-state index is -0.692. The lowest BCUT2D eigenvalue weighted by molar-refractivity contribution is -0.129. The summed E-state index contributed by atoms with van der Waals surface area (Å²) in [6.07, 6.45) is 2.08. The van der Waals surface area contributed by atoms with Gasteiger partial charge in [-0.05, 0) is 57.7 Å². The second kappa shape index (κ2) is 12.7. The van der Waals surface area contributed by atoms with Gasteiger partial charge in [0.25, 0.3) is 0 Å². The number of likely N-dealkylation sites (tertiary alicyclic amines) is 1. The van der Waals surface area contributed by atoms with Crippen LogP contribution in [0.2, 0.25) is 0 Å². The van der Waals surface area contributed by atoms with Crippen LogP contribution in [0.15, 0.2) is 18.2 Å². The van der Waals surface area contributed by atoms with Crippen molar-refractivity contribution in [2.75, 3.05) is 32.7 Å². The van der Waals surface area contributed by atoms with Crippen molar-refractivity contribution in [3.63, 3.8) is 0 Å². The van der Waals surface area contributed by atoms with Crippen LogP contribution in [0.4, 0.5) is 13.6 Å². The Morgan fingerprint density at radius 3 is 2.57 bits per heavy atom. The van der Waals surface area contributed by atoms with Crippen LogP contribution < -0.4 is 10.6 Å². The summed E-state index contributed by atoms with van der Waals surface area (Å²) >= 11 is 0. The molecule has 1 unspecified atom stereocenters. The number of piperazine rings is 1. The van der Waals surface area contributed by atoms with Gasteiger partial charge in [-0.2, -0.15) is 0 Å². The molecule has 1 aromatic rings. The van der Waals surface area contributed by atoms with E-state index in [4.69, 9.17) is 4.74 Å². The van der Waals surface area contributed by atoms with E-state index < -0.39 is 35.3 Å². The molecule has 2 saturated heterocycles. The molecule has 1 aromatic carbocycles. The molecule has 2 heterocycles. The lowest BCUT2D eigenvalue weighted by Crippen LogP contribution is -2.57. The number of hydrogen-bond acceptors (Lipinski definition) is 5. The summed E-state index contributed by atoms with van der Waals surface area (Å²) in [4.78, 5) is 41.9. The number of rotatable bonds is 9. The maximum Gasteiger partial charge on any atom is 0.410 e. The van der Waals surface area contributed by atoms with Crippen LogP contribution in [-0.2, 0) is 20.7 Å². The summed E-state index contributed by atoms with van der Waals surface area (Å²) in [7, 11) is 0. The number of nitrogens with one attached hydrogen (secondary N) is 2. The van der Waals surface area contributed by atoms with E-state index in [1.54, 1.807) is 30.6 Å². The molecule has 2 aliphatic heterocycles. The number of carbonyl (C=O) groups excluding carboxylic acids is 3. The van der Waals surface area contributed by atoms with Crippen LogP contribution in [0.5, 0.6) is 0 Å². The molecule has 0 spiro atoms. The first kappa shape index (κ1) is 28.8. The molecule has 37 heavy (non-hydrogen) atoms. The van der Waals surface area contributed by atoms with Gasteiger partial charge in [-0.3, -0.25) is 9.59 Å². The van der Waals surface area contributed by atoms with Crippen molar-refractivity contribution in [2.24, 2.45) is 5.92 Å². The molecule has 0 aliphatic carbocycles. The zero-order chi connectivity index (χ0) is 27.2. The van der Waals surface area contributed by atoms with Crippen molar-refractivity contribution in [1.82, 2.24) is 20.4 Å². The van der Waals surface area contributed by atoms with E-state index in [0.29, 0.717) is 44.7 Å². The molecule has 2 fully saturated rings. The maximum absolute atomic E-state index is 13.9. The summed E-state index contributed by atoms with van der Waals surface area (Å²) < 4.78 is 33.4. The number of hydrogen-bond donors (Lipinski definition) is 2. The normalized spacial score (nSPS) is 21.2. The van der Waals surface area contributed by atoms with Crippen molar-refractivity contribution in [1.29, 1.82) is 0 Å². The average Bonchev–Trinajstić information content (AvgIpc) is 3.16. The molecule has 0 saturated carbocycles. The molecule has 3 rings (SSSR count). The second-order valence-electron chi connectivity index (χ2n) is 11.0. The highest BCUT2D eigenvalue weighted by Crippen LogP contribution is 2.22.